The molecule has 0 fully saturated rings. The van der Waals surface area contributed by atoms with Gasteiger partial charge in [-0.05, 0) is 26.0 Å². The fraction of sp³-hybridized carbons (Fsp3) is 0.286. The molecule has 0 aliphatic rings. The normalized spacial score (nSPS) is 12.1. The van der Waals surface area contributed by atoms with E-state index < -0.39 is 0 Å². The fourth-order valence-electron chi connectivity index (χ4n) is 1.77. The highest BCUT2D eigenvalue weighted by molar-refractivity contribution is 7.99. The van der Waals surface area contributed by atoms with E-state index in [9.17, 15) is 4.79 Å². The summed E-state index contributed by atoms with van der Waals surface area (Å²) in [5, 5.41) is 2.15. The lowest BCUT2D eigenvalue weighted by Crippen LogP contribution is -2.22. The third kappa shape index (κ3) is 3.19. The molecule has 0 saturated carbocycles. The summed E-state index contributed by atoms with van der Waals surface area (Å²) in [5.41, 5.74) is 0.758. The Morgan fingerprint density at radius 3 is 2.89 bits per heavy atom. The maximum absolute atomic E-state index is 12.3. The zero-order valence-electron chi connectivity index (χ0n) is 10.9. The van der Waals surface area contributed by atoms with Crippen LogP contribution in [0.3, 0.4) is 0 Å². The maximum atomic E-state index is 12.3. The van der Waals surface area contributed by atoms with Gasteiger partial charge in [0.1, 0.15) is 0 Å². The summed E-state index contributed by atoms with van der Waals surface area (Å²) in [6, 6.07) is 7.43. The van der Waals surface area contributed by atoms with Crippen LogP contribution in [0.1, 0.15) is 13.8 Å². The topological polar surface area (TPSA) is 34.9 Å². The smallest absolute Gasteiger partial charge is 0.262 e. The van der Waals surface area contributed by atoms with Crippen LogP contribution < -0.4 is 5.56 Å². The fourth-order valence-corrected chi connectivity index (χ4v) is 2.95. The highest BCUT2D eigenvalue weighted by atomic mass is 35.5. The Kier molecular flexibility index (Phi) is 4.66. The molecule has 0 spiro atoms. The molecule has 2 rings (SSSR count). The summed E-state index contributed by atoms with van der Waals surface area (Å²) in [4.78, 5) is 16.9. The second kappa shape index (κ2) is 6.26. The highest BCUT2D eigenvalue weighted by Crippen LogP contribution is 2.18. The van der Waals surface area contributed by atoms with Crippen molar-refractivity contribution in [3.8, 4) is 0 Å². The van der Waals surface area contributed by atoms with Gasteiger partial charge in [0, 0.05) is 17.3 Å². The van der Waals surface area contributed by atoms with Crippen molar-refractivity contribution in [1.29, 1.82) is 0 Å². The third-order valence-corrected chi connectivity index (χ3v) is 3.78. The van der Waals surface area contributed by atoms with E-state index in [0.717, 1.165) is 15.7 Å². The van der Waals surface area contributed by atoms with E-state index in [0.29, 0.717) is 17.7 Å². The zero-order valence-corrected chi connectivity index (χ0v) is 12.5. The van der Waals surface area contributed by atoms with E-state index in [-0.39, 0.29) is 5.56 Å². The zero-order chi connectivity index (χ0) is 13.8. The molecule has 3 nitrogen and oxygen atoms in total. The maximum Gasteiger partial charge on any atom is 0.262 e. The van der Waals surface area contributed by atoms with Gasteiger partial charge in [0.25, 0.3) is 5.56 Å². The van der Waals surface area contributed by atoms with Gasteiger partial charge in [-0.2, -0.15) is 0 Å². The van der Waals surface area contributed by atoms with Gasteiger partial charge < -0.3 is 0 Å². The number of aromatic nitrogens is 2. The molecule has 19 heavy (non-hydrogen) atoms. The number of thioether (sulfide) groups is 1. The Morgan fingerprint density at radius 1 is 1.47 bits per heavy atom. The van der Waals surface area contributed by atoms with E-state index in [2.05, 4.69) is 4.98 Å². The standard InChI is InChI=1S/C14H15ClN2OS/c1-3-17-13(18)11-6-4-5-7-12(11)16-14(17)19-9-8-10(2)15/h4-8H,3,9H2,1-2H3/b10-8+. The molecule has 0 aliphatic heterocycles. The van der Waals surface area contributed by atoms with Crippen molar-refractivity contribution in [3.63, 3.8) is 0 Å². The summed E-state index contributed by atoms with van der Waals surface area (Å²) >= 11 is 7.32. The summed E-state index contributed by atoms with van der Waals surface area (Å²) in [6.07, 6.45) is 1.91. The molecule has 0 radical (unpaired) electrons. The van der Waals surface area contributed by atoms with Crippen molar-refractivity contribution in [2.75, 3.05) is 5.75 Å². The molecular weight excluding hydrogens is 280 g/mol. The average molecular weight is 295 g/mol. The van der Waals surface area contributed by atoms with Gasteiger partial charge in [-0.25, -0.2) is 4.98 Å². The van der Waals surface area contributed by atoms with Crippen LogP contribution in [-0.2, 0) is 6.54 Å². The molecule has 2 aromatic rings. The molecular formula is C14H15ClN2OS. The Morgan fingerprint density at radius 2 is 2.21 bits per heavy atom. The number of nitrogens with zero attached hydrogens (tertiary/aromatic N) is 2. The number of rotatable bonds is 4. The lowest BCUT2D eigenvalue weighted by atomic mass is 10.2. The Bertz CT molecular complexity index is 675. The lowest BCUT2D eigenvalue weighted by Gasteiger charge is -2.10. The van der Waals surface area contributed by atoms with E-state index in [4.69, 9.17) is 11.6 Å². The van der Waals surface area contributed by atoms with Crippen molar-refractivity contribution >= 4 is 34.3 Å². The summed E-state index contributed by atoms with van der Waals surface area (Å²) in [7, 11) is 0. The Balaban J connectivity index is 2.48. The van der Waals surface area contributed by atoms with Crippen LogP contribution in [0.5, 0.6) is 0 Å². The van der Waals surface area contributed by atoms with Crippen LogP contribution in [-0.4, -0.2) is 15.3 Å². The van der Waals surface area contributed by atoms with E-state index >= 15 is 0 Å². The van der Waals surface area contributed by atoms with E-state index in [1.807, 2.05) is 44.2 Å². The van der Waals surface area contributed by atoms with Crippen molar-refractivity contribution in [2.45, 2.75) is 25.5 Å². The first-order chi connectivity index (χ1) is 9.13. The SMILES string of the molecule is CCn1c(SC/C=C(\C)Cl)nc2ccccc2c1=O. The minimum atomic E-state index is 0.0159. The van der Waals surface area contributed by atoms with Crippen LogP contribution in [0.25, 0.3) is 10.9 Å². The summed E-state index contributed by atoms with van der Waals surface area (Å²) in [5.74, 6) is 0.708. The first-order valence-electron chi connectivity index (χ1n) is 6.08. The molecule has 0 aliphatic carbocycles. The summed E-state index contributed by atoms with van der Waals surface area (Å²) < 4.78 is 1.70. The van der Waals surface area contributed by atoms with Gasteiger partial charge >= 0.3 is 0 Å². The van der Waals surface area contributed by atoms with Gasteiger partial charge in [0.05, 0.1) is 10.9 Å². The minimum Gasteiger partial charge on any atom is -0.287 e. The number of hydrogen-bond donors (Lipinski definition) is 0. The summed E-state index contributed by atoms with van der Waals surface area (Å²) in [6.45, 7) is 4.40. The molecule has 0 N–H and O–H groups in total. The van der Waals surface area contributed by atoms with Gasteiger partial charge in [0.2, 0.25) is 0 Å². The van der Waals surface area contributed by atoms with Crippen LogP contribution in [0.2, 0.25) is 0 Å². The first kappa shape index (κ1) is 14.2. The number of halogens is 1. The Hall–Kier alpha value is -1.26. The second-order valence-corrected chi connectivity index (χ2v) is 5.65. The molecule has 0 bridgehead atoms. The van der Waals surface area contributed by atoms with Crippen molar-refractivity contribution in [2.24, 2.45) is 0 Å². The van der Waals surface area contributed by atoms with Gasteiger partial charge in [-0.15, -0.1) is 0 Å². The molecule has 0 atom stereocenters. The van der Waals surface area contributed by atoms with Crippen LogP contribution in [0.15, 0.2) is 45.3 Å². The van der Waals surface area contributed by atoms with Gasteiger partial charge in [-0.1, -0.05) is 41.6 Å². The monoisotopic (exact) mass is 294 g/mol. The number of benzene rings is 1. The van der Waals surface area contributed by atoms with Crippen LogP contribution in [0.4, 0.5) is 0 Å². The molecule has 5 heteroatoms. The van der Waals surface area contributed by atoms with E-state index in [1.54, 1.807) is 4.57 Å². The predicted octanol–water partition coefficient (Wildman–Crippen LogP) is 3.65. The largest absolute Gasteiger partial charge is 0.287 e. The van der Waals surface area contributed by atoms with Crippen LogP contribution >= 0.6 is 23.4 Å². The predicted molar refractivity (Wildman–Crippen MR) is 82.0 cm³/mol. The first-order valence-corrected chi connectivity index (χ1v) is 7.44. The average Bonchev–Trinajstić information content (AvgIpc) is 2.39. The van der Waals surface area contributed by atoms with Gasteiger partial charge in [0.15, 0.2) is 5.16 Å². The molecule has 100 valence electrons. The highest BCUT2D eigenvalue weighted by Gasteiger charge is 2.09. The third-order valence-electron chi connectivity index (χ3n) is 2.72. The number of para-hydroxylation sites is 1. The molecule has 0 amide bonds. The quantitative estimate of drug-likeness (QED) is 0.638. The molecule has 1 aromatic carbocycles. The van der Waals surface area contributed by atoms with Crippen molar-refractivity contribution in [1.82, 2.24) is 9.55 Å². The number of fused-ring (bicyclic) bond motifs is 1. The van der Waals surface area contributed by atoms with Crippen molar-refractivity contribution < 1.29 is 0 Å². The number of hydrogen-bond acceptors (Lipinski definition) is 3. The van der Waals surface area contributed by atoms with Crippen molar-refractivity contribution in [3.05, 3.63) is 45.7 Å². The molecule has 1 heterocycles. The number of allylic oxidation sites excluding steroid dienone is 1. The lowest BCUT2D eigenvalue weighted by molar-refractivity contribution is 0.635. The van der Waals surface area contributed by atoms with Crippen LogP contribution in [0, 0.1) is 0 Å². The molecule has 1 aromatic heterocycles. The van der Waals surface area contributed by atoms with Gasteiger partial charge in [-0.3, -0.25) is 9.36 Å². The molecule has 0 saturated heterocycles. The minimum absolute atomic E-state index is 0.0159. The van der Waals surface area contributed by atoms with E-state index in [1.165, 1.54) is 11.8 Å². The second-order valence-electron chi connectivity index (χ2n) is 4.06. The molecule has 0 unspecified atom stereocenters. The Labute approximate surface area is 121 Å².